The van der Waals surface area contributed by atoms with Gasteiger partial charge in [0.15, 0.2) is 6.61 Å². The van der Waals surface area contributed by atoms with Crippen LogP contribution in [0.15, 0.2) is 18.2 Å². The number of benzene rings is 1. The van der Waals surface area contributed by atoms with Gasteiger partial charge < -0.3 is 15.4 Å². The summed E-state index contributed by atoms with van der Waals surface area (Å²) in [6, 6.07) is 4.76. The lowest BCUT2D eigenvalue weighted by molar-refractivity contribution is -0.124. The van der Waals surface area contributed by atoms with Gasteiger partial charge in [0.05, 0.1) is 5.02 Å². The molecule has 1 rings (SSSR count). The van der Waals surface area contributed by atoms with Gasteiger partial charge in [-0.25, -0.2) is 0 Å². The fraction of sp³-hybridized carbons (Fsp3) is 0.385. The van der Waals surface area contributed by atoms with E-state index in [0.29, 0.717) is 35.3 Å². The fourth-order valence-corrected chi connectivity index (χ4v) is 1.78. The van der Waals surface area contributed by atoms with Gasteiger partial charge in [-0.2, -0.15) is 0 Å². The molecular weight excluding hydrogens is 303 g/mol. The highest BCUT2D eigenvalue weighted by atomic mass is 35.5. The molecule has 0 bridgehead atoms. The number of hydrogen-bond acceptors (Lipinski definition) is 3. The van der Waals surface area contributed by atoms with E-state index in [4.69, 9.17) is 27.9 Å². The number of carbonyl (C=O) groups excluding carboxylic acids is 2. The number of nitrogens with one attached hydrogen (secondary N) is 2. The van der Waals surface area contributed by atoms with Crippen molar-refractivity contribution < 1.29 is 14.3 Å². The Balaban J connectivity index is 2.24. The number of halogens is 2. The molecule has 0 radical (unpaired) electrons. The summed E-state index contributed by atoms with van der Waals surface area (Å²) in [6.45, 7) is 2.35. The third-order valence-corrected chi connectivity index (χ3v) is 2.87. The second kappa shape index (κ2) is 8.66. The molecule has 0 heterocycles. The fourth-order valence-electron chi connectivity index (χ4n) is 1.32. The Hall–Kier alpha value is -1.46. The molecule has 0 aliphatic heterocycles. The van der Waals surface area contributed by atoms with Crippen LogP contribution < -0.4 is 15.4 Å². The summed E-state index contributed by atoms with van der Waals surface area (Å²) < 4.78 is 5.26. The van der Waals surface area contributed by atoms with Crippen LogP contribution >= 0.6 is 23.2 Å². The van der Waals surface area contributed by atoms with E-state index in [9.17, 15) is 9.59 Å². The lowest BCUT2D eigenvalue weighted by atomic mass is 10.3. The number of amides is 2. The Morgan fingerprint density at radius 2 is 1.80 bits per heavy atom. The van der Waals surface area contributed by atoms with E-state index in [1.807, 2.05) is 0 Å². The summed E-state index contributed by atoms with van der Waals surface area (Å²) in [6.07, 6.45) is 0.423. The molecule has 110 valence electrons. The molecule has 1 aromatic carbocycles. The SMILES string of the molecule is CCC(=O)NCCNC(=O)COc1ccc(Cl)cc1Cl. The van der Waals surface area contributed by atoms with Crippen molar-refractivity contribution in [3.8, 4) is 5.75 Å². The van der Waals surface area contributed by atoms with Crippen molar-refractivity contribution in [2.24, 2.45) is 0 Å². The standard InChI is InChI=1S/C13H16Cl2N2O3/c1-2-12(18)16-5-6-17-13(19)8-20-11-4-3-9(14)7-10(11)15/h3-4,7H,2,5-6,8H2,1H3,(H,16,18)(H,17,19). The molecule has 5 nitrogen and oxygen atoms in total. The summed E-state index contributed by atoms with van der Waals surface area (Å²) in [5, 5.41) is 6.11. The molecular formula is C13H16Cl2N2O3. The van der Waals surface area contributed by atoms with Crippen LogP contribution in [-0.4, -0.2) is 31.5 Å². The zero-order valence-electron chi connectivity index (χ0n) is 11.0. The molecule has 7 heteroatoms. The van der Waals surface area contributed by atoms with Crippen LogP contribution in [0, 0.1) is 0 Å². The minimum absolute atomic E-state index is 0.0524. The van der Waals surface area contributed by atoms with Crippen molar-refractivity contribution in [2.45, 2.75) is 13.3 Å². The van der Waals surface area contributed by atoms with Crippen molar-refractivity contribution >= 4 is 35.0 Å². The Morgan fingerprint density at radius 1 is 1.15 bits per heavy atom. The molecule has 0 aromatic heterocycles. The summed E-state index contributed by atoms with van der Waals surface area (Å²) in [5.74, 6) is 0.0516. The maximum Gasteiger partial charge on any atom is 0.258 e. The van der Waals surface area contributed by atoms with Crippen molar-refractivity contribution in [1.29, 1.82) is 0 Å². The van der Waals surface area contributed by atoms with Gasteiger partial charge in [0.1, 0.15) is 5.75 Å². The second-order valence-corrected chi connectivity index (χ2v) is 4.76. The zero-order chi connectivity index (χ0) is 15.0. The van der Waals surface area contributed by atoms with Gasteiger partial charge in [-0.15, -0.1) is 0 Å². The van der Waals surface area contributed by atoms with Crippen molar-refractivity contribution in [3.63, 3.8) is 0 Å². The van der Waals surface area contributed by atoms with Crippen LogP contribution in [-0.2, 0) is 9.59 Å². The molecule has 2 amide bonds. The summed E-state index contributed by atoms with van der Waals surface area (Å²) in [5.41, 5.74) is 0. The van der Waals surface area contributed by atoms with Gasteiger partial charge in [0, 0.05) is 24.5 Å². The number of ether oxygens (including phenoxy) is 1. The van der Waals surface area contributed by atoms with E-state index in [1.165, 1.54) is 6.07 Å². The summed E-state index contributed by atoms with van der Waals surface area (Å²) in [7, 11) is 0. The number of hydrogen-bond donors (Lipinski definition) is 2. The quantitative estimate of drug-likeness (QED) is 0.756. The zero-order valence-corrected chi connectivity index (χ0v) is 12.6. The normalized spacial score (nSPS) is 9.95. The molecule has 20 heavy (non-hydrogen) atoms. The van der Waals surface area contributed by atoms with Gasteiger partial charge in [-0.05, 0) is 18.2 Å². The van der Waals surface area contributed by atoms with Crippen molar-refractivity contribution in [3.05, 3.63) is 28.2 Å². The highest BCUT2D eigenvalue weighted by Gasteiger charge is 2.06. The maximum absolute atomic E-state index is 11.5. The van der Waals surface area contributed by atoms with Gasteiger partial charge in [-0.1, -0.05) is 30.1 Å². The lowest BCUT2D eigenvalue weighted by Crippen LogP contribution is -2.36. The molecule has 2 N–H and O–H groups in total. The Morgan fingerprint density at radius 3 is 2.40 bits per heavy atom. The van der Waals surface area contributed by atoms with E-state index in [0.717, 1.165) is 0 Å². The predicted molar refractivity (Wildman–Crippen MR) is 78.3 cm³/mol. The average Bonchev–Trinajstić information content (AvgIpc) is 2.42. The topological polar surface area (TPSA) is 67.4 Å². The van der Waals surface area contributed by atoms with Gasteiger partial charge in [0.25, 0.3) is 5.91 Å². The largest absolute Gasteiger partial charge is 0.482 e. The first kappa shape index (κ1) is 16.6. The van der Waals surface area contributed by atoms with Crippen LogP contribution in [0.3, 0.4) is 0 Å². The number of rotatable bonds is 7. The van der Waals surface area contributed by atoms with E-state index in [1.54, 1.807) is 19.1 Å². The predicted octanol–water partition coefficient (Wildman–Crippen LogP) is 2.01. The van der Waals surface area contributed by atoms with Crippen LogP contribution in [0.2, 0.25) is 10.0 Å². The molecule has 0 fully saturated rings. The second-order valence-electron chi connectivity index (χ2n) is 3.92. The Labute approximate surface area is 127 Å². The van der Waals surface area contributed by atoms with Crippen molar-refractivity contribution in [1.82, 2.24) is 10.6 Å². The Kier molecular flexibility index (Phi) is 7.18. The molecule has 0 saturated carbocycles. The molecule has 0 aliphatic carbocycles. The minimum atomic E-state index is -0.290. The lowest BCUT2D eigenvalue weighted by Gasteiger charge is -2.09. The van der Waals surface area contributed by atoms with Gasteiger partial charge in [0.2, 0.25) is 5.91 Å². The number of carbonyl (C=O) groups is 2. The van der Waals surface area contributed by atoms with Gasteiger partial charge >= 0.3 is 0 Å². The third kappa shape index (κ3) is 6.12. The van der Waals surface area contributed by atoms with E-state index in [2.05, 4.69) is 10.6 Å². The smallest absolute Gasteiger partial charge is 0.258 e. The highest BCUT2D eigenvalue weighted by Crippen LogP contribution is 2.27. The average molecular weight is 319 g/mol. The molecule has 0 spiro atoms. The first-order valence-electron chi connectivity index (χ1n) is 6.14. The van der Waals surface area contributed by atoms with Crippen molar-refractivity contribution in [2.75, 3.05) is 19.7 Å². The van der Waals surface area contributed by atoms with Gasteiger partial charge in [-0.3, -0.25) is 9.59 Å². The van der Waals surface area contributed by atoms with Crippen LogP contribution in [0.25, 0.3) is 0 Å². The summed E-state index contributed by atoms with van der Waals surface area (Å²) >= 11 is 11.6. The maximum atomic E-state index is 11.5. The monoisotopic (exact) mass is 318 g/mol. The molecule has 0 aliphatic rings. The van der Waals surface area contributed by atoms with Crippen LogP contribution in [0.1, 0.15) is 13.3 Å². The molecule has 0 saturated heterocycles. The van der Waals surface area contributed by atoms with E-state index >= 15 is 0 Å². The molecule has 0 atom stereocenters. The molecule has 0 unspecified atom stereocenters. The van der Waals surface area contributed by atoms with Crippen LogP contribution in [0.4, 0.5) is 0 Å². The third-order valence-electron chi connectivity index (χ3n) is 2.34. The Bertz CT molecular complexity index is 481. The highest BCUT2D eigenvalue weighted by molar-refractivity contribution is 6.35. The van der Waals surface area contributed by atoms with E-state index < -0.39 is 0 Å². The minimum Gasteiger partial charge on any atom is -0.482 e. The first-order chi connectivity index (χ1) is 9.52. The molecule has 1 aromatic rings. The van der Waals surface area contributed by atoms with E-state index in [-0.39, 0.29) is 18.4 Å². The summed E-state index contributed by atoms with van der Waals surface area (Å²) in [4.78, 5) is 22.4. The first-order valence-corrected chi connectivity index (χ1v) is 6.89. The van der Waals surface area contributed by atoms with Crippen LogP contribution in [0.5, 0.6) is 5.75 Å².